The Balaban J connectivity index is 2.05. The van der Waals surface area contributed by atoms with Crippen LogP contribution in [-0.4, -0.2) is 81.8 Å². The van der Waals surface area contributed by atoms with E-state index in [1.807, 2.05) is 34.6 Å². The molecule has 3 saturated heterocycles. The van der Waals surface area contributed by atoms with Crippen molar-refractivity contribution in [3.63, 3.8) is 0 Å². The average molecular weight is 491 g/mol. The average Bonchev–Trinajstić information content (AvgIpc) is 3.29. The molecule has 1 spiro atoms. The summed E-state index contributed by atoms with van der Waals surface area (Å²) in [6, 6.07) is -0.881. The highest BCUT2D eigenvalue weighted by atomic mass is 16.6. The molecule has 0 radical (unpaired) electrons. The van der Waals surface area contributed by atoms with E-state index in [9.17, 15) is 19.5 Å². The summed E-state index contributed by atoms with van der Waals surface area (Å²) in [6.07, 6.45) is 5.66. The molecule has 8 heteroatoms. The molecular formula is C27H42N2O6. The molecular weight excluding hydrogens is 448 g/mol. The number of allylic oxidation sites excluding steroid dienone is 1. The highest BCUT2D eigenvalue weighted by Crippen LogP contribution is 2.65. The van der Waals surface area contributed by atoms with E-state index in [1.54, 1.807) is 22.0 Å². The third-order valence-corrected chi connectivity index (χ3v) is 8.04. The molecule has 0 saturated carbocycles. The Morgan fingerprint density at radius 1 is 1.29 bits per heavy atom. The van der Waals surface area contributed by atoms with Crippen molar-refractivity contribution < 1.29 is 29.0 Å². The Hall–Kier alpha value is -2.19. The summed E-state index contributed by atoms with van der Waals surface area (Å²) >= 11 is 0. The summed E-state index contributed by atoms with van der Waals surface area (Å²) in [4.78, 5) is 44.7. The van der Waals surface area contributed by atoms with E-state index in [1.165, 1.54) is 0 Å². The fraction of sp³-hybridized carbons (Fsp3) is 0.741. The van der Waals surface area contributed by atoms with Gasteiger partial charge in [-0.2, -0.15) is 0 Å². The number of likely N-dealkylation sites (tertiary alicyclic amines) is 1. The van der Waals surface area contributed by atoms with Crippen LogP contribution in [0.4, 0.5) is 0 Å². The normalized spacial score (nSPS) is 33.5. The van der Waals surface area contributed by atoms with Crippen molar-refractivity contribution in [2.45, 2.75) is 83.1 Å². The van der Waals surface area contributed by atoms with Crippen molar-refractivity contribution in [3.8, 4) is 0 Å². The smallest absolute Gasteiger partial charge is 0.312 e. The zero-order valence-electron chi connectivity index (χ0n) is 21.9. The molecule has 0 aliphatic carbocycles. The minimum atomic E-state index is -1.12. The van der Waals surface area contributed by atoms with E-state index < -0.39 is 40.6 Å². The maximum atomic E-state index is 14.2. The number of hydrogen-bond donors (Lipinski definition) is 1. The van der Waals surface area contributed by atoms with Gasteiger partial charge in [0.1, 0.15) is 17.6 Å². The largest absolute Gasteiger partial charge is 0.465 e. The Morgan fingerprint density at radius 3 is 2.54 bits per heavy atom. The molecule has 35 heavy (non-hydrogen) atoms. The molecule has 0 aromatic heterocycles. The van der Waals surface area contributed by atoms with Gasteiger partial charge in [0.25, 0.3) is 0 Å². The Bertz CT molecular complexity index is 866. The molecule has 0 aromatic rings. The molecule has 196 valence electrons. The van der Waals surface area contributed by atoms with Crippen LogP contribution in [-0.2, 0) is 23.9 Å². The van der Waals surface area contributed by atoms with Crippen molar-refractivity contribution in [1.29, 1.82) is 0 Å². The van der Waals surface area contributed by atoms with Gasteiger partial charge in [-0.25, -0.2) is 0 Å². The van der Waals surface area contributed by atoms with Gasteiger partial charge in [0, 0.05) is 25.2 Å². The maximum absolute atomic E-state index is 14.2. The molecule has 6 atom stereocenters. The molecule has 3 aliphatic rings. The van der Waals surface area contributed by atoms with Gasteiger partial charge in [-0.3, -0.25) is 14.4 Å². The van der Waals surface area contributed by atoms with Crippen LogP contribution in [0.1, 0.15) is 60.3 Å². The van der Waals surface area contributed by atoms with Crippen LogP contribution in [0.3, 0.4) is 0 Å². The van der Waals surface area contributed by atoms with Gasteiger partial charge in [-0.1, -0.05) is 19.1 Å². The maximum Gasteiger partial charge on any atom is 0.312 e. The number of fused-ring (bicyclic) bond motifs is 1. The standard InChI is InChI=1S/C27H42N2O6/c1-8-10-11-16-34-24(33)20-19-22(31)28(14-12-15-30)21(23(32)29(13-9-2)25(4,5)6)27(19)17-18(3)26(20,7)35-27/h8-9,18-21,30H,1-2,10-17H2,3-7H3/t18?,19-,20+,21?,26-,27?/m0/s1. The number of ether oxygens (including phenoxy) is 2. The number of aliphatic hydroxyl groups is 1. The molecule has 3 rings (SSSR count). The number of rotatable bonds is 11. The number of esters is 1. The summed E-state index contributed by atoms with van der Waals surface area (Å²) < 4.78 is 12.3. The minimum Gasteiger partial charge on any atom is -0.465 e. The summed E-state index contributed by atoms with van der Waals surface area (Å²) in [5, 5.41) is 9.50. The van der Waals surface area contributed by atoms with Gasteiger partial charge in [0.2, 0.25) is 11.8 Å². The van der Waals surface area contributed by atoms with E-state index in [2.05, 4.69) is 13.2 Å². The van der Waals surface area contributed by atoms with E-state index in [0.717, 1.165) is 6.42 Å². The lowest BCUT2D eigenvalue weighted by Crippen LogP contribution is -2.60. The minimum absolute atomic E-state index is 0.0483. The van der Waals surface area contributed by atoms with Crippen LogP contribution < -0.4 is 0 Å². The lowest BCUT2D eigenvalue weighted by molar-refractivity contribution is -0.163. The quantitative estimate of drug-likeness (QED) is 0.272. The first-order valence-electron chi connectivity index (χ1n) is 12.7. The highest BCUT2D eigenvalue weighted by Gasteiger charge is 2.80. The predicted molar refractivity (Wildman–Crippen MR) is 132 cm³/mol. The van der Waals surface area contributed by atoms with Crippen molar-refractivity contribution in [3.05, 3.63) is 25.3 Å². The van der Waals surface area contributed by atoms with Crippen LogP contribution in [0.2, 0.25) is 0 Å². The van der Waals surface area contributed by atoms with Crippen molar-refractivity contribution in [2.24, 2.45) is 17.8 Å². The predicted octanol–water partition coefficient (Wildman–Crippen LogP) is 2.70. The lowest BCUT2D eigenvalue weighted by atomic mass is 9.62. The Morgan fingerprint density at radius 2 is 1.97 bits per heavy atom. The molecule has 3 unspecified atom stereocenters. The molecule has 3 heterocycles. The van der Waals surface area contributed by atoms with Crippen LogP contribution in [0, 0.1) is 17.8 Å². The van der Waals surface area contributed by atoms with E-state index in [4.69, 9.17) is 9.47 Å². The van der Waals surface area contributed by atoms with Crippen molar-refractivity contribution in [2.75, 3.05) is 26.3 Å². The molecule has 3 fully saturated rings. The second-order valence-corrected chi connectivity index (χ2v) is 11.3. The zero-order chi connectivity index (χ0) is 26.2. The van der Waals surface area contributed by atoms with Gasteiger partial charge < -0.3 is 24.4 Å². The fourth-order valence-electron chi connectivity index (χ4n) is 6.32. The number of amides is 2. The number of carbonyl (C=O) groups is 3. The van der Waals surface area contributed by atoms with Crippen molar-refractivity contribution >= 4 is 17.8 Å². The number of hydrogen-bond acceptors (Lipinski definition) is 6. The third-order valence-electron chi connectivity index (χ3n) is 8.04. The van der Waals surface area contributed by atoms with Gasteiger partial charge in [0.05, 0.1) is 18.1 Å². The molecule has 1 N–H and O–H groups in total. The first kappa shape index (κ1) is 27.4. The number of carbonyl (C=O) groups excluding carboxylic acids is 3. The highest BCUT2D eigenvalue weighted by molar-refractivity contribution is 5.98. The number of nitrogens with zero attached hydrogens (tertiary/aromatic N) is 2. The molecule has 0 aromatic carbocycles. The van der Waals surface area contributed by atoms with E-state index in [-0.39, 0.29) is 37.5 Å². The van der Waals surface area contributed by atoms with Crippen molar-refractivity contribution in [1.82, 2.24) is 9.80 Å². The molecule has 2 bridgehead atoms. The van der Waals surface area contributed by atoms with Crippen LogP contribution in [0.15, 0.2) is 25.3 Å². The van der Waals surface area contributed by atoms with Crippen LogP contribution in [0.5, 0.6) is 0 Å². The summed E-state index contributed by atoms with van der Waals surface area (Å²) in [7, 11) is 0. The van der Waals surface area contributed by atoms with Gasteiger partial charge in [0.15, 0.2) is 0 Å². The second-order valence-electron chi connectivity index (χ2n) is 11.3. The van der Waals surface area contributed by atoms with Gasteiger partial charge in [-0.15, -0.1) is 13.2 Å². The Kier molecular flexibility index (Phi) is 7.87. The van der Waals surface area contributed by atoms with Crippen LogP contribution >= 0.6 is 0 Å². The second kappa shape index (κ2) is 10.1. The fourth-order valence-corrected chi connectivity index (χ4v) is 6.32. The molecule has 3 aliphatic heterocycles. The first-order chi connectivity index (χ1) is 16.4. The van der Waals surface area contributed by atoms with Gasteiger partial charge >= 0.3 is 5.97 Å². The SMILES string of the molecule is C=CCCCOC(=O)[C@H]1[C@H]2C(=O)N(CCCO)C(C(=O)N(CC=C)C(C)(C)C)C23CC(C)[C@]1(C)O3. The van der Waals surface area contributed by atoms with E-state index >= 15 is 0 Å². The van der Waals surface area contributed by atoms with Gasteiger partial charge in [-0.05, 0) is 59.3 Å². The van der Waals surface area contributed by atoms with Crippen LogP contribution in [0.25, 0.3) is 0 Å². The van der Waals surface area contributed by atoms with E-state index in [0.29, 0.717) is 25.8 Å². The molecule has 8 nitrogen and oxygen atoms in total. The zero-order valence-corrected chi connectivity index (χ0v) is 21.9. The molecule has 2 amide bonds. The summed E-state index contributed by atoms with van der Waals surface area (Å²) in [5.41, 5.74) is -2.53. The first-order valence-corrected chi connectivity index (χ1v) is 12.7. The number of aliphatic hydroxyl groups excluding tert-OH is 1. The monoisotopic (exact) mass is 490 g/mol. The summed E-state index contributed by atoms with van der Waals surface area (Å²) in [5.74, 6) is -2.58. The Labute approximate surface area is 209 Å². The summed E-state index contributed by atoms with van der Waals surface area (Å²) in [6.45, 7) is 17.9. The third kappa shape index (κ3) is 4.44. The topological polar surface area (TPSA) is 96.4 Å². The number of unbranched alkanes of at least 4 members (excludes halogenated alkanes) is 1. The lowest BCUT2D eigenvalue weighted by Gasteiger charge is -2.42.